The van der Waals surface area contributed by atoms with E-state index in [1.807, 2.05) is 44.4 Å². The SMILES string of the molecule is C=CC(=O)OCC(CC)(COCC(CC)(COC(=O)C=C)COC(=O)CCN(CC(O)COC(C)COC(C)COCC(O)CN(CC(O)CC)CC1CCCO1)CC1CCCO1)COC(=O)C=C. The van der Waals surface area contributed by atoms with Crippen LogP contribution in [0.15, 0.2) is 38.0 Å². The summed E-state index contributed by atoms with van der Waals surface area (Å²) in [7, 11) is 0. The summed E-state index contributed by atoms with van der Waals surface area (Å²) in [5.74, 6) is -2.48. The van der Waals surface area contributed by atoms with Crippen LogP contribution in [0.25, 0.3) is 0 Å². The lowest BCUT2D eigenvalue weighted by Crippen LogP contribution is -2.43. The second-order valence-corrected chi connectivity index (χ2v) is 18.5. The maximum Gasteiger partial charge on any atom is 0.330 e. The van der Waals surface area contributed by atoms with Crippen LogP contribution in [0.4, 0.5) is 0 Å². The van der Waals surface area contributed by atoms with Gasteiger partial charge in [0.15, 0.2) is 0 Å². The van der Waals surface area contributed by atoms with Gasteiger partial charge in [-0.1, -0.05) is 40.5 Å². The first-order valence-corrected chi connectivity index (χ1v) is 24.7. The average molecular weight is 987 g/mol. The Morgan fingerprint density at radius 3 is 1.54 bits per heavy atom. The maximum absolute atomic E-state index is 13.4. The highest BCUT2D eigenvalue weighted by Crippen LogP contribution is 2.29. The molecule has 0 aromatic rings. The lowest BCUT2D eigenvalue weighted by atomic mass is 9.86. The molecule has 3 N–H and O–H groups in total. The summed E-state index contributed by atoms with van der Waals surface area (Å²) in [6, 6.07) is 0. The van der Waals surface area contributed by atoms with Crippen LogP contribution in [0.2, 0.25) is 0 Å². The summed E-state index contributed by atoms with van der Waals surface area (Å²) in [5.41, 5.74) is -1.91. The van der Waals surface area contributed by atoms with Crippen molar-refractivity contribution in [1.82, 2.24) is 9.80 Å². The van der Waals surface area contributed by atoms with Crippen LogP contribution < -0.4 is 0 Å². The predicted octanol–water partition coefficient (Wildman–Crippen LogP) is 3.20. The third-order valence-corrected chi connectivity index (χ3v) is 12.3. The first kappa shape index (κ1) is 61.8. The predicted molar refractivity (Wildman–Crippen MR) is 256 cm³/mol. The molecule has 19 nitrogen and oxygen atoms in total. The highest BCUT2D eigenvalue weighted by atomic mass is 16.6. The minimum absolute atomic E-state index is 0.00737. The summed E-state index contributed by atoms with van der Waals surface area (Å²) in [6.45, 7) is 23.5. The smallest absolute Gasteiger partial charge is 0.330 e. The quantitative estimate of drug-likeness (QED) is 0.0454. The molecule has 0 aromatic carbocycles. The number of aliphatic hydroxyl groups excluding tert-OH is 3. The first-order chi connectivity index (χ1) is 33.0. The Labute approximate surface area is 410 Å². The van der Waals surface area contributed by atoms with Crippen LogP contribution >= 0.6 is 0 Å². The van der Waals surface area contributed by atoms with Crippen molar-refractivity contribution in [2.24, 2.45) is 10.8 Å². The molecule has 19 heteroatoms. The van der Waals surface area contributed by atoms with Gasteiger partial charge in [0.2, 0.25) is 0 Å². The van der Waals surface area contributed by atoms with Gasteiger partial charge in [-0.3, -0.25) is 14.6 Å². The van der Waals surface area contributed by atoms with Crippen LogP contribution in [0.3, 0.4) is 0 Å². The molecule has 0 saturated carbocycles. The fourth-order valence-electron chi connectivity index (χ4n) is 7.55. The van der Waals surface area contributed by atoms with E-state index in [0.29, 0.717) is 52.0 Å². The molecule has 0 amide bonds. The monoisotopic (exact) mass is 987 g/mol. The number of aliphatic hydroxyl groups is 3. The van der Waals surface area contributed by atoms with Gasteiger partial charge in [0.25, 0.3) is 0 Å². The minimum Gasteiger partial charge on any atom is -0.465 e. The summed E-state index contributed by atoms with van der Waals surface area (Å²) >= 11 is 0. The zero-order valence-electron chi connectivity index (χ0n) is 42.2. The van der Waals surface area contributed by atoms with Gasteiger partial charge in [-0.15, -0.1) is 0 Å². The van der Waals surface area contributed by atoms with E-state index in [1.165, 1.54) is 0 Å². The topological polar surface area (TPSA) is 228 Å². The Bertz CT molecular complexity index is 1470. The van der Waals surface area contributed by atoms with Crippen molar-refractivity contribution >= 4 is 23.9 Å². The van der Waals surface area contributed by atoms with E-state index in [1.54, 1.807) is 0 Å². The lowest BCUT2D eigenvalue weighted by Gasteiger charge is -2.35. The summed E-state index contributed by atoms with van der Waals surface area (Å²) in [5, 5.41) is 32.0. The van der Waals surface area contributed by atoms with E-state index in [4.69, 9.17) is 47.4 Å². The first-order valence-electron chi connectivity index (χ1n) is 24.7. The molecular weight excluding hydrogens is 901 g/mol. The van der Waals surface area contributed by atoms with Gasteiger partial charge in [0, 0.05) is 70.7 Å². The van der Waals surface area contributed by atoms with Gasteiger partial charge >= 0.3 is 23.9 Å². The van der Waals surface area contributed by atoms with Crippen molar-refractivity contribution in [2.45, 2.75) is 129 Å². The zero-order chi connectivity index (χ0) is 51.1. The van der Waals surface area contributed by atoms with Gasteiger partial charge in [0.1, 0.15) is 26.4 Å². The third-order valence-electron chi connectivity index (χ3n) is 12.3. The molecule has 0 bridgehead atoms. The second kappa shape index (κ2) is 34.9. The number of carbonyl (C=O) groups is 4. The third kappa shape index (κ3) is 26.6. The van der Waals surface area contributed by atoms with Crippen LogP contribution in [0.1, 0.15) is 86.0 Å². The largest absolute Gasteiger partial charge is 0.465 e. The molecule has 2 aliphatic heterocycles. The van der Waals surface area contributed by atoms with E-state index >= 15 is 0 Å². The molecule has 0 aliphatic carbocycles. The molecule has 2 fully saturated rings. The fraction of sp³-hybridized carbons (Fsp3) is 0.800. The molecule has 0 aromatic heterocycles. The highest BCUT2D eigenvalue weighted by Gasteiger charge is 2.37. The average Bonchev–Trinajstić information content (AvgIpc) is 4.08. The number of rotatable bonds is 41. The van der Waals surface area contributed by atoms with Crippen LogP contribution in [-0.4, -0.2) is 210 Å². The molecule has 398 valence electrons. The van der Waals surface area contributed by atoms with Crippen LogP contribution in [0.5, 0.6) is 0 Å². The summed E-state index contributed by atoms with van der Waals surface area (Å²) in [6.07, 6.45) is 5.58. The lowest BCUT2D eigenvalue weighted by molar-refractivity contribution is -0.159. The number of nitrogens with zero attached hydrogens (tertiary/aromatic N) is 2. The number of esters is 4. The molecule has 0 radical (unpaired) electrons. The molecule has 2 rings (SSSR count). The van der Waals surface area contributed by atoms with Crippen molar-refractivity contribution in [2.75, 3.05) is 119 Å². The molecule has 2 heterocycles. The maximum atomic E-state index is 13.4. The Morgan fingerprint density at radius 1 is 0.609 bits per heavy atom. The Morgan fingerprint density at radius 2 is 1.06 bits per heavy atom. The summed E-state index contributed by atoms with van der Waals surface area (Å²) < 4.78 is 57.4. The van der Waals surface area contributed by atoms with E-state index in [0.717, 1.165) is 50.5 Å². The molecule has 2 aliphatic rings. The normalized spacial score (nSPS) is 19.3. The second-order valence-electron chi connectivity index (χ2n) is 18.5. The van der Waals surface area contributed by atoms with Crippen molar-refractivity contribution in [1.29, 1.82) is 0 Å². The minimum atomic E-state index is -0.978. The molecular formula is C50H86N2O17. The van der Waals surface area contributed by atoms with E-state index in [2.05, 4.69) is 19.7 Å². The van der Waals surface area contributed by atoms with Gasteiger partial charge in [-0.25, -0.2) is 14.4 Å². The molecule has 8 unspecified atom stereocenters. The highest BCUT2D eigenvalue weighted by molar-refractivity contribution is 5.82. The van der Waals surface area contributed by atoms with E-state index in [9.17, 15) is 34.5 Å². The Kier molecular flexibility index (Phi) is 31.2. The fourth-order valence-corrected chi connectivity index (χ4v) is 7.55. The standard InChI is InChI=1S/C50H86N2O17/c1-9-40(53)23-52(27-44-18-16-22-63-44)25-41(54)30-60-28-38(7)64-29-39(8)65-31-42(55)24-51(26-43-17-15-21-62-43)20-19-48(59)69-37-50(14-6,36-68-47(58)12-4)33-61-32-49(13-5,34-66-45(56)10-2)35-67-46(57)11-3/h10-12,38-44,53-55H,2-4,9,13-37H2,1,5-8H3. The van der Waals surface area contributed by atoms with Crippen LogP contribution in [0, 0.1) is 10.8 Å². The number of hydrogen-bond donors (Lipinski definition) is 3. The van der Waals surface area contributed by atoms with Crippen LogP contribution in [-0.2, 0) is 66.5 Å². The molecule has 0 spiro atoms. The zero-order valence-corrected chi connectivity index (χ0v) is 42.2. The van der Waals surface area contributed by atoms with Gasteiger partial charge in [-0.05, 0) is 58.8 Å². The van der Waals surface area contributed by atoms with Gasteiger partial charge in [0.05, 0.1) is 99.6 Å². The number of carbonyl (C=O) groups excluding carboxylic acids is 4. The summed E-state index contributed by atoms with van der Waals surface area (Å²) in [4.78, 5) is 53.4. The van der Waals surface area contributed by atoms with Crippen molar-refractivity contribution in [3.05, 3.63) is 38.0 Å². The van der Waals surface area contributed by atoms with E-state index in [-0.39, 0.29) is 110 Å². The number of ether oxygens (including phenoxy) is 10. The van der Waals surface area contributed by atoms with Gasteiger partial charge < -0.3 is 62.7 Å². The molecule has 69 heavy (non-hydrogen) atoms. The van der Waals surface area contributed by atoms with Crippen molar-refractivity contribution < 1.29 is 81.9 Å². The van der Waals surface area contributed by atoms with Crippen molar-refractivity contribution in [3.8, 4) is 0 Å². The molecule has 2 saturated heterocycles. The molecule has 8 atom stereocenters. The van der Waals surface area contributed by atoms with E-state index < -0.39 is 53.0 Å². The number of hydrogen-bond acceptors (Lipinski definition) is 19. The Balaban J connectivity index is 1.91. The van der Waals surface area contributed by atoms with Crippen molar-refractivity contribution in [3.63, 3.8) is 0 Å². The Hall–Kier alpha value is -3.34. The van der Waals surface area contributed by atoms with Gasteiger partial charge in [-0.2, -0.15) is 0 Å².